The van der Waals surface area contributed by atoms with Crippen LogP contribution < -0.4 is 5.32 Å². The van der Waals surface area contributed by atoms with E-state index in [9.17, 15) is 14.9 Å². The standard InChI is InChI=1S/C14H18ClN3O4/c15-12-6-3-10(9-13(12)18(21)22)16-14(20)17(11-4-5-11)7-1-2-8-19/h3,6,9,11,19H,1-2,4-5,7-8H2,(H,16,20). The molecule has 8 heteroatoms. The maximum atomic E-state index is 12.3. The van der Waals surface area contributed by atoms with Gasteiger partial charge in [-0.05, 0) is 37.8 Å². The average molecular weight is 328 g/mol. The molecule has 1 saturated carbocycles. The zero-order valence-electron chi connectivity index (χ0n) is 12.0. The van der Waals surface area contributed by atoms with Crippen LogP contribution in [-0.2, 0) is 0 Å². The Kier molecular flexibility index (Phi) is 5.57. The lowest BCUT2D eigenvalue weighted by Crippen LogP contribution is -2.37. The molecular weight excluding hydrogens is 310 g/mol. The van der Waals surface area contributed by atoms with Crippen molar-refractivity contribution >= 4 is 29.0 Å². The lowest BCUT2D eigenvalue weighted by molar-refractivity contribution is -0.384. The minimum absolute atomic E-state index is 0.0324. The van der Waals surface area contributed by atoms with Gasteiger partial charge in [0.15, 0.2) is 0 Å². The molecule has 22 heavy (non-hydrogen) atoms. The monoisotopic (exact) mass is 327 g/mol. The van der Waals surface area contributed by atoms with E-state index in [2.05, 4.69) is 5.32 Å². The normalized spacial score (nSPS) is 13.7. The first kappa shape index (κ1) is 16.5. The van der Waals surface area contributed by atoms with Crippen molar-refractivity contribution in [2.24, 2.45) is 0 Å². The van der Waals surface area contributed by atoms with Gasteiger partial charge in [0.2, 0.25) is 0 Å². The van der Waals surface area contributed by atoms with Crippen LogP contribution in [0.15, 0.2) is 18.2 Å². The molecule has 1 aliphatic carbocycles. The number of nitro groups is 1. The highest BCUT2D eigenvalue weighted by Gasteiger charge is 2.32. The lowest BCUT2D eigenvalue weighted by Gasteiger charge is -2.22. The zero-order valence-corrected chi connectivity index (χ0v) is 12.8. The largest absolute Gasteiger partial charge is 0.396 e. The second-order valence-corrected chi connectivity index (χ2v) is 5.62. The Labute approximate surface area is 133 Å². The summed E-state index contributed by atoms with van der Waals surface area (Å²) in [4.78, 5) is 24.3. The first-order valence-corrected chi connectivity index (χ1v) is 7.53. The fraction of sp³-hybridized carbons (Fsp3) is 0.500. The van der Waals surface area contributed by atoms with E-state index in [-0.39, 0.29) is 29.4 Å². The summed E-state index contributed by atoms with van der Waals surface area (Å²) >= 11 is 5.75. The minimum Gasteiger partial charge on any atom is -0.396 e. The Bertz CT molecular complexity index is 563. The molecule has 1 aromatic rings. The first-order chi connectivity index (χ1) is 10.5. The maximum Gasteiger partial charge on any atom is 0.322 e. The van der Waals surface area contributed by atoms with Gasteiger partial charge in [0.1, 0.15) is 5.02 Å². The number of urea groups is 1. The number of unbranched alkanes of at least 4 members (excludes halogenated alkanes) is 1. The third-order valence-corrected chi connectivity index (χ3v) is 3.77. The fourth-order valence-electron chi connectivity index (χ4n) is 2.16. The zero-order chi connectivity index (χ0) is 16.1. The van der Waals surface area contributed by atoms with E-state index in [1.54, 1.807) is 4.90 Å². The van der Waals surface area contributed by atoms with Gasteiger partial charge in [0.25, 0.3) is 5.69 Å². The number of rotatable bonds is 7. The van der Waals surface area contributed by atoms with Crippen LogP contribution in [0.4, 0.5) is 16.2 Å². The highest BCUT2D eigenvalue weighted by molar-refractivity contribution is 6.32. The number of carbonyl (C=O) groups is 1. The Hall–Kier alpha value is -1.86. The molecule has 0 unspecified atom stereocenters. The minimum atomic E-state index is -0.585. The number of nitrogens with one attached hydrogen (secondary N) is 1. The van der Waals surface area contributed by atoms with Crippen LogP contribution in [0.5, 0.6) is 0 Å². The predicted molar refractivity (Wildman–Crippen MR) is 83.2 cm³/mol. The average Bonchev–Trinajstić information content (AvgIpc) is 3.30. The van der Waals surface area contributed by atoms with Crippen molar-refractivity contribution in [2.75, 3.05) is 18.5 Å². The quantitative estimate of drug-likeness (QED) is 0.457. The number of aliphatic hydroxyl groups is 1. The van der Waals surface area contributed by atoms with Crippen LogP contribution in [0, 0.1) is 10.1 Å². The number of hydrogen-bond donors (Lipinski definition) is 2. The van der Waals surface area contributed by atoms with Crippen LogP contribution in [-0.4, -0.2) is 40.2 Å². The molecule has 1 fully saturated rings. The molecule has 0 saturated heterocycles. The number of halogens is 1. The number of carbonyl (C=O) groups excluding carboxylic acids is 1. The van der Waals surface area contributed by atoms with Crippen LogP contribution >= 0.6 is 11.6 Å². The van der Waals surface area contributed by atoms with Crippen molar-refractivity contribution in [1.82, 2.24) is 4.90 Å². The highest BCUT2D eigenvalue weighted by atomic mass is 35.5. The van der Waals surface area contributed by atoms with Gasteiger partial charge in [-0.1, -0.05) is 11.6 Å². The van der Waals surface area contributed by atoms with Gasteiger partial charge in [-0.2, -0.15) is 0 Å². The van der Waals surface area contributed by atoms with Crippen LogP contribution in [0.1, 0.15) is 25.7 Å². The van der Waals surface area contributed by atoms with Gasteiger partial charge in [-0.3, -0.25) is 10.1 Å². The van der Waals surface area contributed by atoms with Crippen molar-refractivity contribution in [3.63, 3.8) is 0 Å². The van der Waals surface area contributed by atoms with Crippen molar-refractivity contribution in [3.8, 4) is 0 Å². The molecule has 2 amide bonds. The van der Waals surface area contributed by atoms with Crippen LogP contribution in [0.3, 0.4) is 0 Å². The number of amides is 2. The summed E-state index contributed by atoms with van der Waals surface area (Å²) in [6.07, 6.45) is 3.30. The SMILES string of the molecule is O=C(Nc1ccc(Cl)c([N+](=O)[O-])c1)N(CCCCO)C1CC1. The number of anilines is 1. The molecule has 0 aromatic heterocycles. The van der Waals surface area contributed by atoms with Crippen molar-refractivity contribution in [1.29, 1.82) is 0 Å². The summed E-state index contributed by atoms with van der Waals surface area (Å²) in [7, 11) is 0. The first-order valence-electron chi connectivity index (χ1n) is 7.15. The van der Waals surface area contributed by atoms with E-state index >= 15 is 0 Å². The van der Waals surface area contributed by atoms with E-state index < -0.39 is 4.92 Å². The summed E-state index contributed by atoms with van der Waals surface area (Å²) in [5.41, 5.74) is 0.103. The van der Waals surface area contributed by atoms with Gasteiger partial charge >= 0.3 is 6.03 Å². The second kappa shape index (κ2) is 7.42. The Morgan fingerprint density at radius 2 is 2.18 bits per heavy atom. The molecule has 0 atom stereocenters. The molecule has 0 radical (unpaired) electrons. The van der Waals surface area contributed by atoms with E-state index in [1.807, 2.05) is 0 Å². The van der Waals surface area contributed by atoms with Crippen molar-refractivity contribution < 1.29 is 14.8 Å². The molecule has 7 nitrogen and oxygen atoms in total. The third kappa shape index (κ3) is 4.32. The molecule has 0 spiro atoms. The molecule has 0 bridgehead atoms. The van der Waals surface area contributed by atoms with Gasteiger partial charge in [-0.25, -0.2) is 4.79 Å². The van der Waals surface area contributed by atoms with E-state index in [1.165, 1.54) is 18.2 Å². The maximum absolute atomic E-state index is 12.3. The summed E-state index contributed by atoms with van der Waals surface area (Å²) < 4.78 is 0. The number of nitro benzene ring substituents is 1. The number of benzene rings is 1. The van der Waals surface area contributed by atoms with Gasteiger partial charge in [0, 0.05) is 30.9 Å². The molecule has 1 aromatic carbocycles. The van der Waals surface area contributed by atoms with Crippen molar-refractivity contribution in [3.05, 3.63) is 33.3 Å². The lowest BCUT2D eigenvalue weighted by atomic mass is 10.2. The molecule has 0 heterocycles. The van der Waals surface area contributed by atoms with E-state index in [4.69, 9.17) is 16.7 Å². The third-order valence-electron chi connectivity index (χ3n) is 3.45. The second-order valence-electron chi connectivity index (χ2n) is 5.21. The summed E-state index contributed by atoms with van der Waals surface area (Å²) in [6, 6.07) is 4.12. The molecule has 2 N–H and O–H groups in total. The molecule has 120 valence electrons. The van der Waals surface area contributed by atoms with Gasteiger partial charge in [-0.15, -0.1) is 0 Å². The Balaban J connectivity index is 2.03. The Morgan fingerprint density at radius 1 is 1.45 bits per heavy atom. The summed E-state index contributed by atoms with van der Waals surface area (Å²) in [5.74, 6) is 0. The predicted octanol–water partition coefficient (Wildman–Crippen LogP) is 3.02. The fourth-order valence-corrected chi connectivity index (χ4v) is 2.34. The summed E-state index contributed by atoms with van der Waals surface area (Å²) in [6.45, 7) is 0.663. The van der Waals surface area contributed by atoms with Gasteiger partial charge < -0.3 is 15.3 Å². The molecule has 1 aliphatic rings. The summed E-state index contributed by atoms with van der Waals surface area (Å²) in [5, 5.41) is 22.4. The number of hydrogen-bond acceptors (Lipinski definition) is 4. The number of nitrogens with zero attached hydrogens (tertiary/aromatic N) is 2. The van der Waals surface area contributed by atoms with Gasteiger partial charge in [0.05, 0.1) is 4.92 Å². The Morgan fingerprint density at radius 3 is 2.77 bits per heavy atom. The smallest absolute Gasteiger partial charge is 0.322 e. The van der Waals surface area contributed by atoms with Crippen LogP contribution in [0.2, 0.25) is 5.02 Å². The molecular formula is C14H18ClN3O4. The van der Waals surface area contributed by atoms with Crippen molar-refractivity contribution in [2.45, 2.75) is 31.7 Å². The van der Waals surface area contributed by atoms with Crippen LogP contribution in [0.25, 0.3) is 0 Å². The van der Waals surface area contributed by atoms with E-state index in [0.717, 1.165) is 19.3 Å². The van der Waals surface area contributed by atoms with E-state index in [0.29, 0.717) is 18.7 Å². The highest BCUT2D eigenvalue weighted by Crippen LogP contribution is 2.30. The molecule has 0 aliphatic heterocycles. The topological polar surface area (TPSA) is 95.7 Å². The number of aliphatic hydroxyl groups excluding tert-OH is 1. The molecule has 2 rings (SSSR count).